The smallest absolute Gasteiger partial charge is 0.337 e. The first-order valence-electron chi connectivity index (χ1n) is 11.0. The fourth-order valence-electron chi connectivity index (χ4n) is 3.49. The van der Waals surface area contributed by atoms with Crippen molar-refractivity contribution in [1.29, 1.82) is 0 Å². The van der Waals surface area contributed by atoms with Crippen molar-refractivity contribution in [3.8, 4) is 11.4 Å². The number of carbonyl (C=O) groups excluding carboxylic acids is 2. The van der Waals surface area contributed by atoms with E-state index in [0.29, 0.717) is 33.5 Å². The number of H-pyrrole nitrogens is 1. The van der Waals surface area contributed by atoms with Crippen LogP contribution < -0.4 is 10.6 Å². The topological polar surface area (TPSA) is 124 Å². The van der Waals surface area contributed by atoms with Crippen LogP contribution >= 0.6 is 23.2 Å². The normalized spacial score (nSPS) is 11.0. The van der Waals surface area contributed by atoms with Crippen molar-refractivity contribution < 1.29 is 19.5 Å². The Morgan fingerprint density at radius 3 is 2.28 bits per heavy atom. The Kier molecular flexibility index (Phi) is 7.28. The summed E-state index contributed by atoms with van der Waals surface area (Å²) in [6.45, 7) is 4.37. The van der Waals surface area contributed by atoms with Crippen LogP contribution in [-0.4, -0.2) is 39.4 Å². The quantitative estimate of drug-likeness (QED) is 0.240. The molecule has 0 aliphatic heterocycles. The molecule has 0 aliphatic rings. The lowest BCUT2D eigenvalue weighted by molar-refractivity contribution is 0.0698. The molecule has 10 heteroatoms. The molecule has 8 nitrogen and oxygen atoms in total. The minimum absolute atomic E-state index is 0.0861. The third-order valence-electron chi connectivity index (χ3n) is 5.38. The number of aromatic nitrogens is 2. The van der Waals surface area contributed by atoms with Crippen LogP contribution in [0.3, 0.4) is 0 Å². The molecule has 0 unspecified atom stereocenters. The number of amides is 2. The van der Waals surface area contributed by atoms with Crippen molar-refractivity contribution in [2.75, 3.05) is 11.9 Å². The molecule has 0 spiro atoms. The Labute approximate surface area is 216 Å². The number of anilines is 1. The zero-order chi connectivity index (χ0) is 26.0. The fourth-order valence-corrected chi connectivity index (χ4v) is 3.81. The molecule has 0 atom stereocenters. The van der Waals surface area contributed by atoms with E-state index in [4.69, 9.17) is 23.2 Å². The molecule has 4 aromatic rings. The van der Waals surface area contributed by atoms with Gasteiger partial charge in [-0.1, -0.05) is 49.2 Å². The highest BCUT2D eigenvalue weighted by atomic mass is 35.5. The van der Waals surface area contributed by atoms with E-state index in [1.54, 1.807) is 36.4 Å². The monoisotopic (exact) mass is 524 g/mol. The standard InChI is InChI=1S/C26H22Cl2N4O4/c1-13(2)12-29-24(33)16-7-8-20(17(9-16)26(35)36)32-25(34)15-5-3-14(4-6-15)23-30-21-10-18(27)19(28)11-22(21)31-23/h3-11,13H,12H2,1-2H3,(H,29,33)(H,30,31)(H,32,34)(H,35,36). The number of carboxylic acids is 1. The summed E-state index contributed by atoms with van der Waals surface area (Å²) >= 11 is 12.1. The lowest BCUT2D eigenvalue weighted by Gasteiger charge is -2.12. The Hall–Kier alpha value is -3.88. The minimum atomic E-state index is -1.26. The first kappa shape index (κ1) is 25.2. The lowest BCUT2D eigenvalue weighted by Crippen LogP contribution is -2.27. The van der Waals surface area contributed by atoms with Gasteiger partial charge in [-0.05, 0) is 48.4 Å². The van der Waals surface area contributed by atoms with Crippen LogP contribution in [0, 0.1) is 5.92 Å². The van der Waals surface area contributed by atoms with Gasteiger partial charge in [0.25, 0.3) is 11.8 Å². The van der Waals surface area contributed by atoms with Gasteiger partial charge in [0.1, 0.15) is 5.82 Å². The number of nitrogens with zero attached hydrogens (tertiary/aromatic N) is 1. The van der Waals surface area contributed by atoms with Crippen LogP contribution in [0.4, 0.5) is 5.69 Å². The SMILES string of the molecule is CC(C)CNC(=O)c1ccc(NC(=O)c2ccc(-c3nc4cc(Cl)c(Cl)cc4[nH]3)cc2)c(C(=O)O)c1. The summed E-state index contributed by atoms with van der Waals surface area (Å²) < 4.78 is 0. The molecule has 2 amide bonds. The molecule has 0 fully saturated rings. The van der Waals surface area contributed by atoms with Crippen LogP contribution in [0.15, 0.2) is 54.6 Å². The summed E-state index contributed by atoms with van der Waals surface area (Å²) in [5, 5.41) is 15.8. The third-order valence-corrected chi connectivity index (χ3v) is 6.10. The molecule has 0 bridgehead atoms. The molecule has 4 N–H and O–H groups in total. The fraction of sp³-hybridized carbons (Fsp3) is 0.154. The van der Waals surface area contributed by atoms with Crippen molar-refractivity contribution in [3.05, 3.63) is 81.3 Å². The van der Waals surface area contributed by atoms with Gasteiger partial charge in [0, 0.05) is 23.2 Å². The van der Waals surface area contributed by atoms with Crippen LogP contribution in [0.2, 0.25) is 10.0 Å². The van der Waals surface area contributed by atoms with E-state index in [0.717, 1.165) is 11.1 Å². The summed E-state index contributed by atoms with van der Waals surface area (Å²) in [5.74, 6) is -1.31. The summed E-state index contributed by atoms with van der Waals surface area (Å²) in [4.78, 5) is 44.6. The Morgan fingerprint density at radius 1 is 0.944 bits per heavy atom. The molecule has 3 aromatic carbocycles. The summed E-state index contributed by atoms with van der Waals surface area (Å²) in [6.07, 6.45) is 0. The van der Waals surface area contributed by atoms with Crippen LogP contribution in [0.25, 0.3) is 22.4 Å². The highest BCUT2D eigenvalue weighted by molar-refractivity contribution is 6.42. The number of benzene rings is 3. The molecule has 1 aromatic heterocycles. The minimum Gasteiger partial charge on any atom is -0.478 e. The maximum Gasteiger partial charge on any atom is 0.337 e. The van der Waals surface area contributed by atoms with E-state index in [-0.39, 0.29) is 28.6 Å². The Balaban J connectivity index is 1.52. The molecular formula is C26H22Cl2N4O4. The summed E-state index contributed by atoms with van der Waals surface area (Å²) in [5.41, 5.74) is 2.53. The van der Waals surface area contributed by atoms with E-state index in [1.807, 2.05) is 13.8 Å². The second-order valence-corrected chi connectivity index (χ2v) is 9.38. The average molecular weight is 525 g/mol. The van der Waals surface area contributed by atoms with E-state index in [9.17, 15) is 19.5 Å². The number of hydrogen-bond donors (Lipinski definition) is 4. The second kappa shape index (κ2) is 10.4. The molecule has 4 rings (SSSR count). The van der Waals surface area contributed by atoms with Crippen molar-refractivity contribution in [2.24, 2.45) is 5.92 Å². The molecule has 1 heterocycles. The van der Waals surface area contributed by atoms with Gasteiger partial charge in [-0.15, -0.1) is 0 Å². The van der Waals surface area contributed by atoms with E-state index in [2.05, 4.69) is 20.6 Å². The predicted octanol–water partition coefficient (Wildman–Crippen LogP) is 5.87. The number of aromatic carboxylic acids is 1. The second-order valence-electron chi connectivity index (χ2n) is 8.57. The molecule has 0 saturated heterocycles. The van der Waals surface area contributed by atoms with E-state index in [1.165, 1.54) is 18.2 Å². The maximum atomic E-state index is 12.8. The Morgan fingerprint density at radius 2 is 1.61 bits per heavy atom. The van der Waals surface area contributed by atoms with Gasteiger partial charge in [0.05, 0.1) is 32.3 Å². The number of nitrogens with one attached hydrogen (secondary N) is 3. The van der Waals surface area contributed by atoms with Crippen molar-refractivity contribution in [1.82, 2.24) is 15.3 Å². The molecule has 0 radical (unpaired) electrons. The van der Waals surface area contributed by atoms with Gasteiger partial charge in [-0.3, -0.25) is 9.59 Å². The summed E-state index contributed by atoms with van der Waals surface area (Å²) in [6, 6.07) is 14.1. The number of hydrogen-bond acceptors (Lipinski definition) is 4. The number of aromatic amines is 1. The van der Waals surface area contributed by atoms with Crippen molar-refractivity contribution in [3.63, 3.8) is 0 Å². The molecule has 36 heavy (non-hydrogen) atoms. The maximum absolute atomic E-state index is 12.8. The number of carbonyl (C=O) groups is 3. The number of rotatable bonds is 7. The number of halogens is 2. The van der Waals surface area contributed by atoms with Gasteiger partial charge in [-0.25, -0.2) is 9.78 Å². The average Bonchev–Trinajstić information content (AvgIpc) is 3.25. The largest absolute Gasteiger partial charge is 0.478 e. The van der Waals surface area contributed by atoms with Crippen LogP contribution in [0.5, 0.6) is 0 Å². The highest BCUT2D eigenvalue weighted by Crippen LogP contribution is 2.29. The van der Waals surface area contributed by atoms with Gasteiger partial charge >= 0.3 is 5.97 Å². The number of carboxylic acid groups (broad SMARTS) is 1. The van der Waals surface area contributed by atoms with E-state index < -0.39 is 11.9 Å². The number of fused-ring (bicyclic) bond motifs is 1. The van der Waals surface area contributed by atoms with Crippen molar-refractivity contribution >= 4 is 57.7 Å². The van der Waals surface area contributed by atoms with Crippen LogP contribution in [0.1, 0.15) is 44.9 Å². The first-order chi connectivity index (χ1) is 17.1. The van der Waals surface area contributed by atoms with Crippen LogP contribution in [-0.2, 0) is 0 Å². The van der Waals surface area contributed by atoms with Gasteiger partial charge in [0.15, 0.2) is 0 Å². The lowest BCUT2D eigenvalue weighted by atomic mass is 10.1. The van der Waals surface area contributed by atoms with Crippen molar-refractivity contribution in [2.45, 2.75) is 13.8 Å². The zero-order valence-electron chi connectivity index (χ0n) is 19.4. The highest BCUT2D eigenvalue weighted by Gasteiger charge is 2.17. The van der Waals surface area contributed by atoms with Gasteiger partial charge < -0.3 is 20.7 Å². The summed E-state index contributed by atoms with van der Waals surface area (Å²) in [7, 11) is 0. The first-order valence-corrected chi connectivity index (χ1v) is 11.8. The van der Waals surface area contributed by atoms with Gasteiger partial charge in [-0.2, -0.15) is 0 Å². The molecule has 0 aliphatic carbocycles. The predicted molar refractivity (Wildman–Crippen MR) is 140 cm³/mol. The number of imidazole rings is 1. The van der Waals surface area contributed by atoms with Gasteiger partial charge in [0.2, 0.25) is 0 Å². The molecule has 0 saturated carbocycles. The third kappa shape index (κ3) is 5.50. The van der Waals surface area contributed by atoms with E-state index >= 15 is 0 Å². The zero-order valence-corrected chi connectivity index (χ0v) is 20.9. The molecule has 184 valence electrons. The molecular weight excluding hydrogens is 503 g/mol. The Bertz CT molecular complexity index is 1440.